The molecule has 1 aliphatic heterocycles. The van der Waals surface area contributed by atoms with Gasteiger partial charge in [0.05, 0.1) is 22.4 Å². The lowest BCUT2D eigenvalue weighted by atomic mass is 9.98. The zero-order chi connectivity index (χ0) is 33.0. The van der Waals surface area contributed by atoms with Gasteiger partial charge < -0.3 is 9.74 Å². The molecular formula is C38H43N3O4Si. The fourth-order valence-corrected chi connectivity index (χ4v) is 11.1. The highest BCUT2D eigenvalue weighted by molar-refractivity contribution is 6.99. The highest BCUT2D eigenvalue weighted by Gasteiger charge is 2.50. The van der Waals surface area contributed by atoms with E-state index < -0.39 is 37.6 Å². The van der Waals surface area contributed by atoms with Gasteiger partial charge in [-0.15, -0.1) is 0 Å². The monoisotopic (exact) mass is 633 g/mol. The van der Waals surface area contributed by atoms with E-state index >= 15 is 0 Å². The first-order chi connectivity index (χ1) is 22.0. The summed E-state index contributed by atoms with van der Waals surface area (Å²) >= 11 is 0. The average molecular weight is 634 g/mol. The van der Waals surface area contributed by atoms with Gasteiger partial charge in [0, 0.05) is 12.8 Å². The van der Waals surface area contributed by atoms with Crippen molar-refractivity contribution in [1.29, 1.82) is 0 Å². The van der Waals surface area contributed by atoms with Crippen LogP contribution in [-0.4, -0.2) is 48.6 Å². The lowest BCUT2D eigenvalue weighted by Crippen LogP contribution is -2.66. The number of imide groups is 1. The summed E-state index contributed by atoms with van der Waals surface area (Å²) in [6.07, 6.45) is 3.21. The molecule has 3 amide bonds. The molecule has 1 aromatic heterocycles. The third-order valence-electron chi connectivity index (χ3n) is 8.79. The summed E-state index contributed by atoms with van der Waals surface area (Å²) in [5.41, 5.74) is 0.513. The van der Waals surface area contributed by atoms with Crippen molar-refractivity contribution in [2.45, 2.75) is 70.5 Å². The fraction of sp³-hybridized carbons (Fsp3) is 0.316. The second-order valence-electron chi connectivity index (χ2n) is 13.4. The number of aromatic nitrogens is 1. The van der Waals surface area contributed by atoms with E-state index in [1.807, 2.05) is 44.2 Å². The lowest BCUT2D eigenvalue weighted by Gasteiger charge is -2.43. The van der Waals surface area contributed by atoms with Crippen molar-refractivity contribution in [3.8, 4) is 0 Å². The van der Waals surface area contributed by atoms with Crippen LogP contribution in [0.25, 0.3) is 0 Å². The van der Waals surface area contributed by atoms with E-state index in [1.165, 1.54) is 10.4 Å². The molecule has 238 valence electrons. The molecule has 0 unspecified atom stereocenters. The third-order valence-corrected chi connectivity index (χ3v) is 13.8. The van der Waals surface area contributed by atoms with Gasteiger partial charge in [0.2, 0.25) is 5.91 Å². The van der Waals surface area contributed by atoms with Crippen LogP contribution in [0.4, 0.5) is 0 Å². The van der Waals surface area contributed by atoms with Gasteiger partial charge in [0.15, 0.2) is 0 Å². The van der Waals surface area contributed by atoms with Crippen molar-refractivity contribution in [3.63, 3.8) is 0 Å². The van der Waals surface area contributed by atoms with Crippen LogP contribution in [0.5, 0.6) is 0 Å². The number of hydrogen-bond acceptors (Lipinski definition) is 5. The van der Waals surface area contributed by atoms with Gasteiger partial charge >= 0.3 is 0 Å². The quantitative estimate of drug-likeness (QED) is 0.120. The predicted molar refractivity (Wildman–Crippen MR) is 184 cm³/mol. The van der Waals surface area contributed by atoms with E-state index in [9.17, 15) is 14.4 Å². The molecule has 2 heterocycles. The van der Waals surface area contributed by atoms with Crippen LogP contribution >= 0.6 is 0 Å². The summed E-state index contributed by atoms with van der Waals surface area (Å²) in [7, 11) is -2.71. The zero-order valence-electron chi connectivity index (χ0n) is 27.3. The molecular weight excluding hydrogens is 591 g/mol. The smallest absolute Gasteiger partial charge is 0.262 e. The van der Waals surface area contributed by atoms with E-state index in [-0.39, 0.29) is 5.04 Å². The number of nitrogens with zero attached hydrogens (tertiary/aromatic N) is 2. The Bertz CT molecular complexity index is 1600. The van der Waals surface area contributed by atoms with Gasteiger partial charge in [-0.2, -0.15) is 0 Å². The number of unbranched alkanes of at least 4 members (excludes halogenated alkanes) is 1. The molecule has 4 aromatic rings. The Labute approximate surface area is 273 Å². The largest absolute Gasteiger partial charge is 0.407 e. The van der Waals surface area contributed by atoms with Gasteiger partial charge in [0.1, 0.15) is 6.04 Å². The van der Waals surface area contributed by atoms with E-state index in [0.29, 0.717) is 42.7 Å². The van der Waals surface area contributed by atoms with E-state index in [4.69, 9.17) is 4.43 Å². The minimum atomic E-state index is -2.71. The van der Waals surface area contributed by atoms with Crippen LogP contribution in [0, 0.1) is 0 Å². The van der Waals surface area contributed by atoms with Crippen LogP contribution in [0.2, 0.25) is 5.04 Å². The molecule has 1 N–H and O–H groups in total. The zero-order valence-corrected chi connectivity index (χ0v) is 28.3. The first-order valence-electron chi connectivity index (χ1n) is 15.9. The summed E-state index contributed by atoms with van der Waals surface area (Å²) in [6, 6.07) is 32.2. The Morgan fingerprint density at radius 1 is 0.761 bits per heavy atom. The maximum atomic E-state index is 14.0. The second-order valence-corrected chi connectivity index (χ2v) is 17.7. The molecule has 7 nitrogen and oxygen atoms in total. The van der Waals surface area contributed by atoms with Crippen LogP contribution in [0.15, 0.2) is 109 Å². The number of benzene rings is 3. The molecule has 5 rings (SSSR count). The molecule has 0 saturated heterocycles. The van der Waals surface area contributed by atoms with Crippen molar-refractivity contribution in [2.75, 3.05) is 6.61 Å². The Kier molecular flexibility index (Phi) is 9.70. The molecule has 0 radical (unpaired) electrons. The number of carbonyl (C=O) groups is 3. The molecule has 0 fully saturated rings. The SMILES string of the molecule is CC(C)(NC(=O)[C@H](CCCCO[Si](c1ccccc1)(c1ccccc1)C(C)(C)C)N1C(=O)c2ccccc2C1=O)c1ccccn1. The maximum Gasteiger partial charge on any atom is 0.262 e. The minimum absolute atomic E-state index is 0.157. The van der Waals surface area contributed by atoms with Gasteiger partial charge in [-0.05, 0) is 72.8 Å². The molecule has 3 aromatic carbocycles. The molecule has 46 heavy (non-hydrogen) atoms. The first kappa shape index (κ1) is 33.0. The summed E-state index contributed by atoms with van der Waals surface area (Å²) < 4.78 is 7.05. The number of fused-ring (bicyclic) bond motifs is 1. The highest BCUT2D eigenvalue weighted by Crippen LogP contribution is 2.37. The standard InChI is InChI=1S/C38H43N3O4Si/c1-37(2,3)46(28-18-8-6-9-19-28,29-20-10-7-11-21-29)45-27-17-15-24-32(34(42)40-38(4,5)33-25-14-16-26-39-33)41-35(43)30-22-12-13-23-31(30)36(41)44/h6-14,16,18-23,25-26,32H,15,17,24,27H2,1-5H3,(H,40,42)/t32-/m0/s1. The van der Waals surface area contributed by atoms with Crippen molar-refractivity contribution < 1.29 is 18.8 Å². The van der Waals surface area contributed by atoms with E-state index in [2.05, 4.69) is 79.6 Å². The third kappa shape index (κ3) is 6.45. The van der Waals surface area contributed by atoms with Gasteiger partial charge in [0.25, 0.3) is 20.1 Å². The van der Waals surface area contributed by atoms with Gasteiger partial charge in [-0.3, -0.25) is 24.3 Å². The summed E-state index contributed by atoms with van der Waals surface area (Å²) in [5.74, 6) is -1.28. The Balaban J connectivity index is 1.37. The van der Waals surface area contributed by atoms with Crippen molar-refractivity contribution in [3.05, 3.63) is 126 Å². The Morgan fingerprint density at radius 2 is 1.28 bits per heavy atom. The molecule has 8 heteroatoms. The van der Waals surface area contributed by atoms with Crippen molar-refractivity contribution >= 4 is 36.4 Å². The predicted octanol–water partition coefficient (Wildman–Crippen LogP) is 5.84. The topological polar surface area (TPSA) is 88.6 Å². The highest BCUT2D eigenvalue weighted by atomic mass is 28.4. The molecule has 1 aliphatic rings. The molecule has 0 saturated carbocycles. The Morgan fingerprint density at radius 3 is 1.78 bits per heavy atom. The average Bonchev–Trinajstić information content (AvgIpc) is 3.30. The lowest BCUT2D eigenvalue weighted by molar-refractivity contribution is -0.127. The number of carbonyl (C=O) groups excluding carboxylic acids is 3. The van der Waals surface area contributed by atoms with Gasteiger partial charge in [-0.25, -0.2) is 0 Å². The summed E-state index contributed by atoms with van der Waals surface area (Å²) in [6.45, 7) is 10.9. The van der Waals surface area contributed by atoms with Gasteiger partial charge in [-0.1, -0.05) is 99.6 Å². The van der Waals surface area contributed by atoms with Crippen LogP contribution in [0.3, 0.4) is 0 Å². The molecule has 0 spiro atoms. The number of rotatable bonds is 12. The number of nitrogens with one attached hydrogen (secondary N) is 1. The van der Waals surface area contributed by atoms with Crippen molar-refractivity contribution in [1.82, 2.24) is 15.2 Å². The first-order valence-corrected chi connectivity index (χ1v) is 17.8. The van der Waals surface area contributed by atoms with Crippen molar-refractivity contribution in [2.24, 2.45) is 0 Å². The van der Waals surface area contributed by atoms with Crippen LogP contribution in [-0.2, 0) is 14.8 Å². The molecule has 1 atom stereocenters. The minimum Gasteiger partial charge on any atom is -0.407 e. The van der Waals surface area contributed by atoms with Crippen LogP contribution < -0.4 is 15.7 Å². The maximum absolute atomic E-state index is 14.0. The number of amides is 3. The van der Waals surface area contributed by atoms with Crippen LogP contribution in [0.1, 0.15) is 80.3 Å². The second kappa shape index (κ2) is 13.5. The van der Waals surface area contributed by atoms with E-state index in [1.54, 1.807) is 30.5 Å². The molecule has 0 aliphatic carbocycles. The number of hydrogen-bond donors (Lipinski definition) is 1. The number of pyridine rings is 1. The Hall–Kier alpha value is -4.40. The normalized spacial score (nSPS) is 14.2. The fourth-order valence-electron chi connectivity index (χ4n) is 6.48. The summed E-state index contributed by atoms with van der Waals surface area (Å²) in [4.78, 5) is 46.6. The van der Waals surface area contributed by atoms with E-state index in [0.717, 1.165) is 4.90 Å². The molecule has 0 bridgehead atoms. The summed E-state index contributed by atoms with van der Waals surface area (Å²) in [5, 5.41) is 5.32.